The molecule has 0 radical (unpaired) electrons. The van der Waals surface area contributed by atoms with Gasteiger partial charge in [0.25, 0.3) is 11.8 Å². The van der Waals surface area contributed by atoms with Crippen LogP contribution in [0, 0.1) is 0 Å². The largest absolute Gasteiger partial charge is 0.458 e. The van der Waals surface area contributed by atoms with Crippen molar-refractivity contribution in [1.29, 1.82) is 0 Å². The highest BCUT2D eigenvalue weighted by Crippen LogP contribution is 2.24. The molecule has 0 aromatic heterocycles. The SMILES string of the molecule is C[C@@H](COCC(=O)OC(C)(C)C)N1C(=O)c2ccccc2C1=O. The fourth-order valence-electron chi connectivity index (χ4n) is 2.37. The number of hydrogen-bond donors (Lipinski definition) is 0. The average Bonchev–Trinajstić information content (AvgIpc) is 2.69. The number of carbonyl (C=O) groups is 3. The van der Waals surface area contributed by atoms with Crippen LogP contribution in [0.25, 0.3) is 0 Å². The minimum atomic E-state index is -0.575. The van der Waals surface area contributed by atoms with Gasteiger partial charge in [0, 0.05) is 0 Å². The van der Waals surface area contributed by atoms with Crippen molar-refractivity contribution < 1.29 is 23.9 Å². The Morgan fingerprint density at radius 2 is 1.65 bits per heavy atom. The van der Waals surface area contributed by atoms with E-state index in [9.17, 15) is 14.4 Å². The van der Waals surface area contributed by atoms with Gasteiger partial charge in [-0.3, -0.25) is 14.5 Å². The van der Waals surface area contributed by atoms with Crippen LogP contribution >= 0.6 is 0 Å². The van der Waals surface area contributed by atoms with Gasteiger partial charge in [0.05, 0.1) is 23.8 Å². The van der Waals surface area contributed by atoms with E-state index in [-0.39, 0.29) is 25.0 Å². The molecule has 1 heterocycles. The highest BCUT2D eigenvalue weighted by Gasteiger charge is 2.38. The second-order valence-electron chi connectivity index (χ2n) is 6.48. The molecule has 0 bridgehead atoms. The minimum absolute atomic E-state index is 0.0741. The molecule has 23 heavy (non-hydrogen) atoms. The summed E-state index contributed by atoms with van der Waals surface area (Å²) >= 11 is 0. The molecule has 1 aliphatic heterocycles. The average molecular weight is 319 g/mol. The fraction of sp³-hybridized carbons (Fsp3) is 0.471. The number of rotatable bonds is 5. The van der Waals surface area contributed by atoms with Crippen LogP contribution in [0.4, 0.5) is 0 Å². The lowest BCUT2D eigenvalue weighted by molar-refractivity contribution is -0.160. The van der Waals surface area contributed by atoms with E-state index < -0.39 is 17.6 Å². The van der Waals surface area contributed by atoms with E-state index in [0.717, 1.165) is 0 Å². The molecule has 6 heteroatoms. The molecular formula is C17H21NO5. The van der Waals surface area contributed by atoms with Crippen LogP contribution < -0.4 is 0 Å². The Hall–Kier alpha value is -2.21. The normalized spacial score (nSPS) is 15.6. The molecule has 0 saturated heterocycles. The van der Waals surface area contributed by atoms with Crippen molar-refractivity contribution in [2.45, 2.75) is 39.3 Å². The zero-order valence-corrected chi connectivity index (χ0v) is 13.8. The second kappa shape index (κ2) is 6.50. The minimum Gasteiger partial charge on any atom is -0.458 e. The first-order valence-electron chi connectivity index (χ1n) is 7.47. The van der Waals surface area contributed by atoms with Crippen molar-refractivity contribution >= 4 is 17.8 Å². The Labute approximate surface area is 135 Å². The smallest absolute Gasteiger partial charge is 0.332 e. The monoisotopic (exact) mass is 319 g/mol. The van der Waals surface area contributed by atoms with Gasteiger partial charge < -0.3 is 9.47 Å². The van der Waals surface area contributed by atoms with Crippen LogP contribution in [0.15, 0.2) is 24.3 Å². The van der Waals surface area contributed by atoms with Crippen molar-refractivity contribution in [3.63, 3.8) is 0 Å². The van der Waals surface area contributed by atoms with E-state index in [1.54, 1.807) is 52.0 Å². The van der Waals surface area contributed by atoms with Crippen LogP contribution in [0.5, 0.6) is 0 Å². The molecule has 2 amide bonds. The predicted octanol–water partition coefficient (Wildman–Crippen LogP) is 2.03. The number of esters is 1. The van der Waals surface area contributed by atoms with E-state index in [1.165, 1.54) is 4.90 Å². The standard InChI is InChI=1S/C17H21NO5/c1-11(9-22-10-14(19)23-17(2,3)4)18-15(20)12-7-5-6-8-13(12)16(18)21/h5-8,11H,9-10H2,1-4H3/t11-/m0/s1. The van der Waals surface area contributed by atoms with Gasteiger partial charge in [0.2, 0.25) is 0 Å². The zero-order valence-electron chi connectivity index (χ0n) is 13.8. The van der Waals surface area contributed by atoms with Crippen molar-refractivity contribution in [3.8, 4) is 0 Å². The molecule has 1 aromatic rings. The summed E-state index contributed by atoms with van der Waals surface area (Å²) in [6.07, 6.45) is 0. The van der Waals surface area contributed by atoms with E-state index in [0.29, 0.717) is 11.1 Å². The summed E-state index contributed by atoms with van der Waals surface area (Å²) in [5.41, 5.74) is 0.224. The first-order valence-corrected chi connectivity index (χ1v) is 7.47. The number of nitrogens with zero attached hydrogens (tertiary/aromatic N) is 1. The lowest BCUT2D eigenvalue weighted by Gasteiger charge is -2.23. The van der Waals surface area contributed by atoms with Crippen molar-refractivity contribution in [2.75, 3.05) is 13.2 Å². The lowest BCUT2D eigenvalue weighted by atomic mass is 10.1. The Balaban J connectivity index is 1.90. The highest BCUT2D eigenvalue weighted by molar-refractivity contribution is 6.21. The molecule has 0 spiro atoms. The number of benzene rings is 1. The van der Waals surface area contributed by atoms with E-state index in [1.807, 2.05) is 0 Å². The third-order valence-corrected chi connectivity index (χ3v) is 3.27. The molecule has 2 rings (SSSR count). The first kappa shape index (κ1) is 17.1. The molecule has 1 aromatic carbocycles. The maximum atomic E-state index is 12.3. The Morgan fingerprint density at radius 1 is 1.13 bits per heavy atom. The van der Waals surface area contributed by atoms with Crippen molar-refractivity contribution in [2.24, 2.45) is 0 Å². The van der Waals surface area contributed by atoms with Crippen LogP contribution in [0.3, 0.4) is 0 Å². The van der Waals surface area contributed by atoms with Crippen LogP contribution in [0.2, 0.25) is 0 Å². The number of amides is 2. The molecule has 124 valence electrons. The van der Waals surface area contributed by atoms with Crippen LogP contribution in [-0.4, -0.2) is 47.5 Å². The summed E-state index contributed by atoms with van der Waals surface area (Å²) in [7, 11) is 0. The topological polar surface area (TPSA) is 72.9 Å². The van der Waals surface area contributed by atoms with Gasteiger partial charge in [-0.05, 0) is 39.8 Å². The molecule has 0 N–H and O–H groups in total. The number of carbonyl (C=O) groups excluding carboxylic acids is 3. The van der Waals surface area contributed by atoms with E-state index in [2.05, 4.69) is 0 Å². The Morgan fingerprint density at radius 3 is 2.13 bits per heavy atom. The number of ether oxygens (including phenoxy) is 2. The zero-order chi connectivity index (χ0) is 17.2. The van der Waals surface area contributed by atoms with Gasteiger partial charge in [0.15, 0.2) is 0 Å². The van der Waals surface area contributed by atoms with Crippen LogP contribution in [-0.2, 0) is 14.3 Å². The van der Waals surface area contributed by atoms with Gasteiger partial charge in [-0.25, -0.2) is 4.79 Å². The molecule has 6 nitrogen and oxygen atoms in total. The molecule has 0 fully saturated rings. The first-order chi connectivity index (χ1) is 10.7. The van der Waals surface area contributed by atoms with Gasteiger partial charge in [-0.15, -0.1) is 0 Å². The number of hydrogen-bond acceptors (Lipinski definition) is 5. The molecule has 0 saturated carbocycles. The quantitative estimate of drug-likeness (QED) is 0.613. The predicted molar refractivity (Wildman–Crippen MR) is 83.1 cm³/mol. The van der Waals surface area contributed by atoms with Gasteiger partial charge in [0.1, 0.15) is 12.2 Å². The highest BCUT2D eigenvalue weighted by atomic mass is 16.6. The third kappa shape index (κ3) is 3.96. The summed E-state index contributed by atoms with van der Waals surface area (Å²) in [6, 6.07) is 6.23. The summed E-state index contributed by atoms with van der Waals surface area (Å²) in [4.78, 5) is 37.3. The maximum absolute atomic E-state index is 12.3. The molecule has 0 aliphatic carbocycles. The summed E-state index contributed by atoms with van der Waals surface area (Å²) < 4.78 is 10.4. The summed E-state index contributed by atoms with van der Waals surface area (Å²) in [6.45, 7) is 6.87. The molecule has 0 unspecified atom stereocenters. The third-order valence-electron chi connectivity index (χ3n) is 3.27. The van der Waals surface area contributed by atoms with Crippen LogP contribution in [0.1, 0.15) is 48.4 Å². The number of fused-ring (bicyclic) bond motifs is 1. The number of imide groups is 1. The summed E-state index contributed by atoms with van der Waals surface area (Å²) in [5.74, 6) is -1.15. The molecular weight excluding hydrogens is 298 g/mol. The Kier molecular flexibility index (Phi) is 4.85. The van der Waals surface area contributed by atoms with Crippen molar-refractivity contribution in [3.05, 3.63) is 35.4 Å². The molecule has 1 aliphatic rings. The van der Waals surface area contributed by atoms with Gasteiger partial charge >= 0.3 is 5.97 Å². The fourth-order valence-corrected chi connectivity index (χ4v) is 2.37. The second-order valence-corrected chi connectivity index (χ2v) is 6.48. The van der Waals surface area contributed by atoms with Gasteiger partial charge in [-0.1, -0.05) is 12.1 Å². The van der Waals surface area contributed by atoms with E-state index >= 15 is 0 Å². The lowest BCUT2D eigenvalue weighted by Crippen LogP contribution is -2.41. The maximum Gasteiger partial charge on any atom is 0.332 e. The van der Waals surface area contributed by atoms with E-state index in [4.69, 9.17) is 9.47 Å². The Bertz CT molecular complexity index is 597. The summed E-state index contributed by atoms with van der Waals surface area (Å²) in [5, 5.41) is 0. The molecule has 1 atom stereocenters. The van der Waals surface area contributed by atoms with Crippen molar-refractivity contribution in [1.82, 2.24) is 4.90 Å². The van der Waals surface area contributed by atoms with Gasteiger partial charge in [-0.2, -0.15) is 0 Å².